The lowest BCUT2D eigenvalue weighted by Crippen LogP contribution is -2.40. The van der Waals surface area contributed by atoms with E-state index in [-0.39, 0.29) is 12.0 Å². The van der Waals surface area contributed by atoms with Gasteiger partial charge in [0, 0.05) is 11.5 Å². The van der Waals surface area contributed by atoms with E-state index in [1.807, 2.05) is 0 Å². The van der Waals surface area contributed by atoms with Crippen LogP contribution in [0.15, 0.2) is 24.3 Å². The van der Waals surface area contributed by atoms with E-state index in [4.69, 9.17) is 10.8 Å². The largest absolute Gasteiger partial charge is 0.481 e. The van der Waals surface area contributed by atoms with Crippen LogP contribution >= 0.6 is 0 Å². The molecule has 3 N–H and O–H groups in total. The molecule has 0 aromatic heterocycles. The highest BCUT2D eigenvalue weighted by atomic mass is 19.4. The van der Waals surface area contributed by atoms with Gasteiger partial charge in [0.1, 0.15) is 0 Å². The van der Waals surface area contributed by atoms with Crippen molar-refractivity contribution in [3.8, 4) is 0 Å². The van der Waals surface area contributed by atoms with Crippen LogP contribution in [0, 0.1) is 0 Å². The van der Waals surface area contributed by atoms with Gasteiger partial charge in [-0.15, -0.1) is 0 Å². The number of alkyl halides is 3. The summed E-state index contributed by atoms with van der Waals surface area (Å²) >= 11 is 0. The second-order valence-corrected chi connectivity index (χ2v) is 5.10. The van der Waals surface area contributed by atoms with Crippen molar-refractivity contribution in [3.05, 3.63) is 35.4 Å². The van der Waals surface area contributed by atoms with E-state index in [2.05, 4.69) is 0 Å². The molecule has 0 bridgehead atoms. The molecular weight excluding hydrogens is 259 g/mol. The zero-order chi connectivity index (χ0) is 14.8. The Balaban J connectivity index is 3.20. The molecule has 106 valence electrons. The van der Waals surface area contributed by atoms with E-state index in [0.29, 0.717) is 0 Å². The molecule has 1 atom stereocenters. The molecule has 0 aliphatic heterocycles. The predicted octanol–water partition coefficient (Wildman–Crippen LogP) is 3.00. The van der Waals surface area contributed by atoms with Gasteiger partial charge in [-0.25, -0.2) is 0 Å². The maximum absolute atomic E-state index is 12.6. The molecule has 19 heavy (non-hydrogen) atoms. The molecule has 1 unspecified atom stereocenters. The Labute approximate surface area is 109 Å². The number of rotatable bonds is 4. The molecule has 1 aromatic rings. The maximum atomic E-state index is 12.6. The summed E-state index contributed by atoms with van der Waals surface area (Å²) in [7, 11) is 0. The molecule has 1 aromatic carbocycles. The van der Waals surface area contributed by atoms with Gasteiger partial charge in [-0.3, -0.25) is 4.79 Å². The second kappa shape index (κ2) is 5.21. The number of carbonyl (C=O) groups is 1. The van der Waals surface area contributed by atoms with E-state index in [0.717, 1.165) is 12.1 Å². The molecule has 0 heterocycles. The number of carboxylic acid groups (broad SMARTS) is 1. The van der Waals surface area contributed by atoms with Crippen LogP contribution in [0.1, 0.15) is 37.3 Å². The third-order valence-electron chi connectivity index (χ3n) is 2.89. The zero-order valence-electron chi connectivity index (χ0n) is 10.7. The van der Waals surface area contributed by atoms with Crippen molar-refractivity contribution >= 4 is 5.97 Å². The van der Waals surface area contributed by atoms with Gasteiger partial charge in [0.2, 0.25) is 0 Å². The van der Waals surface area contributed by atoms with Crippen LogP contribution in [0.25, 0.3) is 0 Å². The van der Waals surface area contributed by atoms with Crippen LogP contribution < -0.4 is 5.73 Å². The Morgan fingerprint density at radius 2 is 1.95 bits per heavy atom. The Bertz CT molecular complexity index is 464. The molecule has 0 saturated carbocycles. The van der Waals surface area contributed by atoms with Gasteiger partial charge in [0.25, 0.3) is 0 Å². The summed E-state index contributed by atoms with van der Waals surface area (Å²) in [4.78, 5) is 10.8. The average Bonchev–Trinajstić information content (AvgIpc) is 2.23. The Morgan fingerprint density at radius 3 is 2.37 bits per heavy atom. The number of aliphatic carboxylic acids is 1. The summed E-state index contributed by atoms with van der Waals surface area (Å²) in [6, 6.07) is 4.64. The van der Waals surface area contributed by atoms with E-state index >= 15 is 0 Å². The van der Waals surface area contributed by atoms with Crippen LogP contribution in [0.4, 0.5) is 13.2 Å². The smallest absolute Gasteiger partial charge is 0.416 e. The first-order chi connectivity index (χ1) is 8.51. The van der Waals surface area contributed by atoms with Crippen LogP contribution in [-0.4, -0.2) is 16.6 Å². The van der Waals surface area contributed by atoms with Gasteiger partial charge >= 0.3 is 12.1 Å². The monoisotopic (exact) mass is 275 g/mol. The fourth-order valence-electron chi connectivity index (χ4n) is 1.92. The minimum absolute atomic E-state index is 0.282. The van der Waals surface area contributed by atoms with E-state index in [9.17, 15) is 18.0 Å². The Hall–Kier alpha value is -1.56. The molecule has 3 nitrogen and oxygen atoms in total. The molecule has 0 amide bonds. The summed E-state index contributed by atoms with van der Waals surface area (Å²) in [6.45, 7) is 3.20. The second-order valence-electron chi connectivity index (χ2n) is 5.10. The van der Waals surface area contributed by atoms with E-state index < -0.39 is 29.2 Å². The van der Waals surface area contributed by atoms with Crippen LogP contribution in [0.3, 0.4) is 0 Å². The van der Waals surface area contributed by atoms with Crippen molar-refractivity contribution in [3.63, 3.8) is 0 Å². The number of hydrogen-bond donors (Lipinski definition) is 2. The molecular formula is C13H16F3NO2. The van der Waals surface area contributed by atoms with Gasteiger partial charge in [-0.1, -0.05) is 18.2 Å². The van der Waals surface area contributed by atoms with Gasteiger partial charge in [0.05, 0.1) is 12.0 Å². The lowest BCUT2D eigenvalue weighted by Gasteiger charge is -2.30. The fraction of sp³-hybridized carbons (Fsp3) is 0.462. The van der Waals surface area contributed by atoms with Crippen molar-refractivity contribution in [1.29, 1.82) is 0 Å². The number of hydrogen-bond acceptors (Lipinski definition) is 2. The first kappa shape index (κ1) is 15.5. The van der Waals surface area contributed by atoms with Crippen molar-refractivity contribution in [2.24, 2.45) is 5.73 Å². The summed E-state index contributed by atoms with van der Waals surface area (Å²) in [5, 5.41) is 8.86. The van der Waals surface area contributed by atoms with Crippen LogP contribution in [-0.2, 0) is 11.0 Å². The molecule has 0 aliphatic carbocycles. The third kappa shape index (κ3) is 4.24. The van der Waals surface area contributed by atoms with Crippen LogP contribution in [0.2, 0.25) is 0 Å². The average molecular weight is 275 g/mol. The SMILES string of the molecule is CC(C)(N)C(CC(=O)O)c1cccc(C(F)(F)F)c1. The topological polar surface area (TPSA) is 63.3 Å². The Kier molecular flexibility index (Phi) is 4.25. The lowest BCUT2D eigenvalue weighted by atomic mass is 9.80. The Morgan fingerprint density at radius 1 is 1.37 bits per heavy atom. The molecule has 0 spiro atoms. The van der Waals surface area contributed by atoms with Crippen LogP contribution in [0.5, 0.6) is 0 Å². The van der Waals surface area contributed by atoms with Crippen molar-refractivity contribution in [1.82, 2.24) is 0 Å². The standard InChI is InChI=1S/C13H16F3NO2/c1-12(2,17)10(7-11(18)19)8-4-3-5-9(6-8)13(14,15)16/h3-6,10H,7,17H2,1-2H3,(H,18,19). The normalized spacial score (nSPS) is 14.2. The first-order valence-electron chi connectivity index (χ1n) is 5.69. The predicted molar refractivity (Wildman–Crippen MR) is 64.7 cm³/mol. The number of benzene rings is 1. The van der Waals surface area contributed by atoms with E-state index in [1.165, 1.54) is 12.1 Å². The summed E-state index contributed by atoms with van der Waals surface area (Å²) in [5.74, 6) is -1.78. The van der Waals surface area contributed by atoms with Crippen molar-refractivity contribution in [2.75, 3.05) is 0 Å². The summed E-state index contributed by atoms with van der Waals surface area (Å²) in [6.07, 6.45) is -4.77. The van der Waals surface area contributed by atoms with Gasteiger partial charge in [-0.2, -0.15) is 13.2 Å². The molecule has 6 heteroatoms. The van der Waals surface area contributed by atoms with Gasteiger partial charge < -0.3 is 10.8 Å². The van der Waals surface area contributed by atoms with Gasteiger partial charge in [-0.05, 0) is 25.5 Å². The first-order valence-corrected chi connectivity index (χ1v) is 5.69. The summed E-state index contributed by atoms with van der Waals surface area (Å²) in [5.41, 5.74) is 4.43. The molecule has 1 rings (SSSR count). The van der Waals surface area contributed by atoms with Crippen molar-refractivity contribution < 1.29 is 23.1 Å². The van der Waals surface area contributed by atoms with E-state index in [1.54, 1.807) is 13.8 Å². The molecule has 0 aliphatic rings. The van der Waals surface area contributed by atoms with Crippen molar-refractivity contribution in [2.45, 2.75) is 37.9 Å². The lowest BCUT2D eigenvalue weighted by molar-refractivity contribution is -0.138. The number of carboxylic acids is 1. The quantitative estimate of drug-likeness (QED) is 0.887. The summed E-state index contributed by atoms with van der Waals surface area (Å²) < 4.78 is 37.9. The number of nitrogens with two attached hydrogens (primary N) is 1. The minimum atomic E-state index is -4.46. The zero-order valence-corrected chi connectivity index (χ0v) is 10.7. The molecule has 0 saturated heterocycles. The number of halogens is 3. The molecule has 0 radical (unpaired) electrons. The van der Waals surface area contributed by atoms with Gasteiger partial charge in [0.15, 0.2) is 0 Å². The highest BCUT2D eigenvalue weighted by Gasteiger charge is 2.33. The maximum Gasteiger partial charge on any atom is 0.416 e. The minimum Gasteiger partial charge on any atom is -0.481 e. The third-order valence-corrected chi connectivity index (χ3v) is 2.89. The highest BCUT2D eigenvalue weighted by molar-refractivity contribution is 5.68. The molecule has 0 fully saturated rings. The fourth-order valence-corrected chi connectivity index (χ4v) is 1.92. The highest BCUT2D eigenvalue weighted by Crippen LogP contribution is 2.34.